The highest BCUT2D eigenvalue weighted by atomic mass is 79.9. The Morgan fingerprint density at radius 2 is 2.00 bits per heavy atom. The van der Waals surface area contributed by atoms with Crippen molar-refractivity contribution in [3.05, 3.63) is 67.4 Å². The van der Waals surface area contributed by atoms with Gasteiger partial charge in [-0.15, -0.1) is 0 Å². The predicted octanol–water partition coefficient (Wildman–Crippen LogP) is 5.53. The Morgan fingerprint density at radius 3 is 2.66 bits per heavy atom. The molecule has 6 nitrogen and oxygen atoms in total. The van der Waals surface area contributed by atoms with Crippen molar-refractivity contribution in [1.82, 2.24) is 14.9 Å². The molecule has 0 unspecified atom stereocenters. The average Bonchev–Trinajstić information content (AvgIpc) is 2.99. The Labute approximate surface area is 186 Å². The lowest BCUT2D eigenvalue weighted by molar-refractivity contribution is 0.269. The van der Waals surface area contributed by atoms with Gasteiger partial charge in [0.15, 0.2) is 11.5 Å². The van der Waals surface area contributed by atoms with Gasteiger partial charge in [-0.1, -0.05) is 33.6 Å². The quantitative estimate of drug-likeness (QED) is 0.398. The van der Waals surface area contributed by atoms with Crippen molar-refractivity contribution in [1.29, 1.82) is 0 Å². The van der Waals surface area contributed by atoms with E-state index >= 15 is 0 Å². The van der Waals surface area contributed by atoms with Gasteiger partial charge in [0, 0.05) is 10.0 Å². The topological polar surface area (TPSA) is 64.1 Å². The van der Waals surface area contributed by atoms with Gasteiger partial charge in [-0.3, -0.25) is 5.10 Å². The Bertz CT molecular complexity index is 1070. The standard InChI is InChI=1S/C19H19BrClFN4O2S/c1-3-27-17-6-13(9-23-26-11(2)24-25-19(26)29)15(20)8-18(17)28-10-12-4-5-14(22)7-16(12)21/h4-8,23H,3,9-10H2,1-2H3,(H,25,29). The van der Waals surface area contributed by atoms with E-state index in [-0.39, 0.29) is 12.4 Å². The Balaban J connectivity index is 1.79. The number of aromatic nitrogens is 3. The number of hydrogen-bond donors (Lipinski definition) is 2. The minimum atomic E-state index is -0.388. The van der Waals surface area contributed by atoms with Gasteiger partial charge in [0.2, 0.25) is 4.77 Å². The lowest BCUT2D eigenvalue weighted by Crippen LogP contribution is -2.16. The van der Waals surface area contributed by atoms with E-state index in [0.29, 0.717) is 40.0 Å². The number of aromatic amines is 1. The van der Waals surface area contributed by atoms with Crippen LogP contribution in [0.1, 0.15) is 23.9 Å². The highest BCUT2D eigenvalue weighted by Gasteiger charge is 2.13. The molecule has 0 radical (unpaired) electrons. The molecular weight excluding hydrogens is 483 g/mol. The van der Waals surface area contributed by atoms with Crippen LogP contribution in [0.25, 0.3) is 0 Å². The zero-order valence-corrected chi connectivity index (χ0v) is 18.9. The number of hydrogen-bond acceptors (Lipinski definition) is 5. The van der Waals surface area contributed by atoms with E-state index in [9.17, 15) is 4.39 Å². The van der Waals surface area contributed by atoms with Crippen LogP contribution in [0.5, 0.6) is 11.5 Å². The Hall–Kier alpha value is -2.10. The first-order valence-corrected chi connectivity index (χ1v) is 10.4. The molecule has 29 heavy (non-hydrogen) atoms. The van der Waals surface area contributed by atoms with E-state index in [2.05, 4.69) is 31.6 Å². The van der Waals surface area contributed by atoms with Gasteiger partial charge in [-0.05, 0) is 55.9 Å². The van der Waals surface area contributed by atoms with Gasteiger partial charge in [0.25, 0.3) is 0 Å². The summed E-state index contributed by atoms with van der Waals surface area (Å²) in [6.45, 7) is 4.90. The summed E-state index contributed by atoms with van der Waals surface area (Å²) in [5, 5.41) is 7.12. The van der Waals surface area contributed by atoms with Crippen molar-refractivity contribution in [2.24, 2.45) is 0 Å². The first-order chi connectivity index (χ1) is 13.9. The second-order valence-corrected chi connectivity index (χ2v) is 7.74. The third-order valence-corrected chi connectivity index (χ3v) is 5.44. The third-order valence-electron chi connectivity index (χ3n) is 4.08. The molecule has 0 saturated carbocycles. The van der Waals surface area contributed by atoms with Crippen LogP contribution in [0, 0.1) is 17.5 Å². The summed E-state index contributed by atoms with van der Waals surface area (Å²) in [7, 11) is 0. The summed E-state index contributed by atoms with van der Waals surface area (Å²) in [4.78, 5) is 0. The number of aryl methyl sites for hydroxylation is 1. The molecule has 1 heterocycles. The fraction of sp³-hybridized carbons (Fsp3) is 0.263. The number of nitrogens with zero attached hydrogens (tertiary/aromatic N) is 2. The van der Waals surface area contributed by atoms with Gasteiger partial charge in [-0.2, -0.15) is 5.10 Å². The molecule has 10 heteroatoms. The molecule has 0 bridgehead atoms. The maximum atomic E-state index is 13.2. The normalized spacial score (nSPS) is 10.8. The van der Waals surface area contributed by atoms with E-state index in [1.807, 2.05) is 26.0 Å². The van der Waals surface area contributed by atoms with Crippen molar-refractivity contribution in [3.8, 4) is 11.5 Å². The van der Waals surface area contributed by atoms with E-state index in [0.717, 1.165) is 15.9 Å². The number of benzene rings is 2. The number of ether oxygens (including phenoxy) is 2. The van der Waals surface area contributed by atoms with Crippen molar-refractivity contribution in [2.75, 3.05) is 12.0 Å². The first kappa shape index (κ1) is 21.6. The van der Waals surface area contributed by atoms with Gasteiger partial charge in [0.05, 0.1) is 18.2 Å². The highest BCUT2D eigenvalue weighted by molar-refractivity contribution is 9.10. The Kier molecular flexibility index (Phi) is 7.15. The Morgan fingerprint density at radius 1 is 1.24 bits per heavy atom. The molecule has 0 saturated heterocycles. The van der Waals surface area contributed by atoms with Gasteiger partial charge in [-0.25, -0.2) is 9.07 Å². The van der Waals surface area contributed by atoms with Gasteiger partial charge in [0.1, 0.15) is 18.2 Å². The molecule has 2 aromatic carbocycles. The third kappa shape index (κ3) is 5.29. The zero-order valence-electron chi connectivity index (χ0n) is 15.8. The fourth-order valence-electron chi connectivity index (χ4n) is 2.61. The van der Waals surface area contributed by atoms with Crippen LogP contribution >= 0.6 is 39.7 Å². The monoisotopic (exact) mass is 500 g/mol. The van der Waals surface area contributed by atoms with Crippen molar-refractivity contribution in [3.63, 3.8) is 0 Å². The summed E-state index contributed by atoms with van der Waals surface area (Å²) in [6, 6.07) is 7.93. The molecule has 1 aromatic heterocycles. The molecule has 0 spiro atoms. The van der Waals surface area contributed by atoms with Crippen molar-refractivity contribution in [2.45, 2.75) is 27.0 Å². The second kappa shape index (κ2) is 9.60. The SMILES string of the molecule is CCOc1cc(CNn2c(C)n[nH]c2=S)c(Br)cc1OCc1ccc(F)cc1Cl. The van der Waals surface area contributed by atoms with Crippen LogP contribution in [0.3, 0.4) is 0 Å². The number of halogens is 3. The largest absolute Gasteiger partial charge is 0.490 e. The summed E-state index contributed by atoms with van der Waals surface area (Å²) in [5.74, 6) is 1.49. The zero-order chi connectivity index (χ0) is 21.0. The lowest BCUT2D eigenvalue weighted by Gasteiger charge is -2.16. The van der Waals surface area contributed by atoms with Crippen molar-refractivity contribution >= 4 is 39.7 Å². The number of H-pyrrole nitrogens is 1. The van der Waals surface area contributed by atoms with Crippen LogP contribution in [0.4, 0.5) is 4.39 Å². The fourth-order valence-corrected chi connectivity index (χ4v) is 3.54. The van der Waals surface area contributed by atoms with Crippen LogP contribution in [-0.2, 0) is 13.2 Å². The number of rotatable bonds is 8. The van der Waals surface area contributed by atoms with Crippen LogP contribution < -0.4 is 14.9 Å². The molecule has 3 aromatic rings. The highest BCUT2D eigenvalue weighted by Crippen LogP contribution is 2.35. The van der Waals surface area contributed by atoms with Gasteiger partial charge < -0.3 is 14.9 Å². The lowest BCUT2D eigenvalue weighted by atomic mass is 10.2. The maximum Gasteiger partial charge on any atom is 0.214 e. The predicted molar refractivity (Wildman–Crippen MR) is 116 cm³/mol. The van der Waals surface area contributed by atoms with Gasteiger partial charge >= 0.3 is 0 Å². The summed E-state index contributed by atoms with van der Waals surface area (Å²) < 4.78 is 27.9. The molecular formula is C19H19BrClFN4O2S. The van der Waals surface area contributed by atoms with Crippen LogP contribution in [-0.4, -0.2) is 21.5 Å². The molecule has 0 fully saturated rings. The molecule has 154 valence electrons. The van der Waals surface area contributed by atoms with Crippen LogP contribution in [0.15, 0.2) is 34.8 Å². The van der Waals surface area contributed by atoms with E-state index in [1.54, 1.807) is 10.7 Å². The van der Waals surface area contributed by atoms with Crippen LogP contribution in [0.2, 0.25) is 5.02 Å². The second-order valence-electron chi connectivity index (χ2n) is 6.09. The minimum absolute atomic E-state index is 0.187. The van der Waals surface area contributed by atoms with E-state index < -0.39 is 0 Å². The summed E-state index contributed by atoms with van der Waals surface area (Å²) >= 11 is 14.9. The number of nitrogens with one attached hydrogen (secondary N) is 2. The summed E-state index contributed by atoms with van der Waals surface area (Å²) in [6.07, 6.45) is 0. The molecule has 3 rings (SSSR count). The smallest absolute Gasteiger partial charge is 0.214 e. The van der Waals surface area contributed by atoms with E-state index in [4.69, 9.17) is 33.3 Å². The summed E-state index contributed by atoms with van der Waals surface area (Å²) in [5.41, 5.74) is 4.85. The van der Waals surface area contributed by atoms with Crippen molar-refractivity contribution < 1.29 is 13.9 Å². The maximum absolute atomic E-state index is 13.2. The van der Waals surface area contributed by atoms with E-state index in [1.165, 1.54) is 12.1 Å². The molecule has 0 atom stereocenters. The molecule has 0 aliphatic rings. The first-order valence-electron chi connectivity index (χ1n) is 8.79. The molecule has 0 aliphatic carbocycles. The molecule has 2 N–H and O–H groups in total. The molecule has 0 aliphatic heterocycles. The average molecular weight is 502 g/mol. The molecule has 0 amide bonds. The minimum Gasteiger partial charge on any atom is -0.490 e.